The topological polar surface area (TPSA) is 76.7 Å². The zero-order valence-electron chi connectivity index (χ0n) is 12.2. The second-order valence-corrected chi connectivity index (χ2v) is 5.17. The maximum absolute atomic E-state index is 11.9. The number of thiophene rings is 1. The van der Waals surface area contributed by atoms with Gasteiger partial charge in [-0.3, -0.25) is 9.59 Å². The molecular weight excluding hydrogens is 304 g/mol. The standard InChI is InChI=1S/C15H16N2O4S/c1-16-14(19)12-7-8-22-15(12)17-13(18)9-21-11-5-3-10(20-2)4-6-11/h3-8H,9H2,1-2H3,(H,16,19)(H,17,18). The minimum atomic E-state index is -0.330. The summed E-state index contributed by atoms with van der Waals surface area (Å²) in [7, 11) is 3.12. The van der Waals surface area contributed by atoms with Crippen molar-refractivity contribution in [3.05, 3.63) is 41.3 Å². The predicted octanol–water partition coefficient (Wildman–Crippen LogP) is 2.13. The average Bonchev–Trinajstić information content (AvgIpc) is 3.00. The largest absolute Gasteiger partial charge is 0.497 e. The molecule has 0 aliphatic heterocycles. The maximum atomic E-state index is 11.9. The first kappa shape index (κ1) is 15.8. The van der Waals surface area contributed by atoms with Crippen LogP contribution in [0.3, 0.4) is 0 Å². The summed E-state index contributed by atoms with van der Waals surface area (Å²) in [4.78, 5) is 23.5. The van der Waals surface area contributed by atoms with Crippen molar-refractivity contribution in [2.75, 3.05) is 26.1 Å². The van der Waals surface area contributed by atoms with E-state index >= 15 is 0 Å². The Kier molecular flexibility index (Phi) is 5.37. The Hall–Kier alpha value is -2.54. The van der Waals surface area contributed by atoms with Gasteiger partial charge in [-0.05, 0) is 35.7 Å². The molecule has 7 heteroatoms. The zero-order valence-corrected chi connectivity index (χ0v) is 13.0. The Balaban J connectivity index is 1.90. The van der Waals surface area contributed by atoms with E-state index in [0.717, 1.165) is 0 Å². The summed E-state index contributed by atoms with van der Waals surface area (Å²) >= 11 is 1.28. The highest BCUT2D eigenvalue weighted by molar-refractivity contribution is 7.14. The number of benzene rings is 1. The number of rotatable bonds is 6. The number of carbonyl (C=O) groups excluding carboxylic acids is 2. The first-order valence-electron chi connectivity index (χ1n) is 6.50. The zero-order chi connectivity index (χ0) is 15.9. The van der Waals surface area contributed by atoms with Crippen molar-refractivity contribution < 1.29 is 19.1 Å². The molecule has 1 heterocycles. The van der Waals surface area contributed by atoms with Gasteiger partial charge in [0.2, 0.25) is 0 Å². The van der Waals surface area contributed by atoms with Crippen LogP contribution in [0.15, 0.2) is 35.7 Å². The van der Waals surface area contributed by atoms with Gasteiger partial charge in [0.15, 0.2) is 6.61 Å². The summed E-state index contributed by atoms with van der Waals surface area (Å²) < 4.78 is 10.4. The lowest BCUT2D eigenvalue weighted by atomic mass is 10.3. The maximum Gasteiger partial charge on any atom is 0.262 e. The summed E-state index contributed by atoms with van der Waals surface area (Å²) in [5, 5.41) is 7.43. The van der Waals surface area contributed by atoms with Crippen molar-refractivity contribution in [3.63, 3.8) is 0 Å². The van der Waals surface area contributed by atoms with Gasteiger partial charge in [-0.1, -0.05) is 0 Å². The lowest BCUT2D eigenvalue weighted by molar-refractivity contribution is -0.118. The van der Waals surface area contributed by atoms with E-state index in [2.05, 4.69) is 10.6 Å². The van der Waals surface area contributed by atoms with Crippen LogP contribution in [0.1, 0.15) is 10.4 Å². The number of anilines is 1. The smallest absolute Gasteiger partial charge is 0.262 e. The minimum Gasteiger partial charge on any atom is -0.497 e. The Morgan fingerprint density at radius 3 is 2.45 bits per heavy atom. The van der Waals surface area contributed by atoms with E-state index in [-0.39, 0.29) is 18.4 Å². The summed E-state index contributed by atoms with van der Waals surface area (Å²) in [6.07, 6.45) is 0. The Morgan fingerprint density at radius 1 is 1.14 bits per heavy atom. The number of hydrogen-bond acceptors (Lipinski definition) is 5. The van der Waals surface area contributed by atoms with Crippen molar-refractivity contribution in [1.29, 1.82) is 0 Å². The lowest BCUT2D eigenvalue weighted by Crippen LogP contribution is -2.23. The molecule has 0 saturated heterocycles. The molecule has 2 aromatic rings. The molecule has 0 atom stereocenters. The minimum absolute atomic E-state index is 0.141. The predicted molar refractivity (Wildman–Crippen MR) is 84.8 cm³/mol. The van der Waals surface area contributed by atoms with E-state index in [0.29, 0.717) is 22.1 Å². The monoisotopic (exact) mass is 320 g/mol. The fourth-order valence-corrected chi connectivity index (χ4v) is 2.50. The third-order valence-corrected chi connectivity index (χ3v) is 3.65. The number of ether oxygens (including phenoxy) is 2. The Labute approximate surface area is 132 Å². The SMILES string of the molecule is CNC(=O)c1ccsc1NC(=O)COc1ccc(OC)cc1. The van der Waals surface area contributed by atoms with E-state index < -0.39 is 0 Å². The molecule has 0 saturated carbocycles. The van der Waals surface area contributed by atoms with Gasteiger partial charge < -0.3 is 20.1 Å². The van der Waals surface area contributed by atoms with E-state index in [4.69, 9.17) is 9.47 Å². The van der Waals surface area contributed by atoms with E-state index in [9.17, 15) is 9.59 Å². The van der Waals surface area contributed by atoms with Crippen LogP contribution >= 0.6 is 11.3 Å². The lowest BCUT2D eigenvalue weighted by Gasteiger charge is -2.08. The molecule has 0 fully saturated rings. The van der Waals surface area contributed by atoms with Crippen molar-refractivity contribution in [3.8, 4) is 11.5 Å². The molecular formula is C15H16N2O4S. The summed E-state index contributed by atoms with van der Waals surface area (Å²) in [6.45, 7) is -0.141. The quantitative estimate of drug-likeness (QED) is 0.855. The van der Waals surface area contributed by atoms with Crippen LogP contribution in [0, 0.1) is 0 Å². The molecule has 0 radical (unpaired) electrons. The highest BCUT2D eigenvalue weighted by atomic mass is 32.1. The van der Waals surface area contributed by atoms with Crippen LogP contribution in [0.5, 0.6) is 11.5 Å². The number of hydrogen-bond donors (Lipinski definition) is 2. The third-order valence-electron chi connectivity index (χ3n) is 2.82. The van der Waals surface area contributed by atoms with Crippen LogP contribution in [0.2, 0.25) is 0 Å². The first-order valence-corrected chi connectivity index (χ1v) is 7.38. The van der Waals surface area contributed by atoms with Gasteiger partial charge in [0, 0.05) is 7.05 Å². The molecule has 2 amide bonds. The third kappa shape index (κ3) is 3.98. The number of carbonyl (C=O) groups is 2. The van der Waals surface area contributed by atoms with Crippen LogP contribution in [0.4, 0.5) is 5.00 Å². The second-order valence-electron chi connectivity index (χ2n) is 4.25. The number of methoxy groups -OCH3 is 1. The summed E-state index contributed by atoms with van der Waals surface area (Å²) in [5.74, 6) is 0.704. The molecule has 1 aromatic carbocycles. The second kappa shape index (κ2) is 7.46. The van der Waals surface area contributed by atoms with Crippen LogP contribution in [-0.2, 0) is 4.79 Å². The summed E-state index contributed by atoms with van der Waals surface area (Å²) in [6, 6.07) is 8.58. The fraction of sp³-hybridized carbons (Fsp3) is 0.200. The highest BCUT2D eigenvalue weighted by Gasteiger charge is 2.14. The highest BCUT2D eigenvalue weighted by Crippen LogP contribution is 2.23. The molecule has 116 valence electrons. The molecule has 1 aromatic heterocycles. The molecule has 6 nitrogen and oxygen atoms in total. The Bertz CT molecular complexity index is 652. The normalized spacial score (nSPS) is 9.91. The van der Waals surface area contributed by atoms with E-state index in [1.54, 1.807) is 49.9 Å². The van der Waals surface area contributed by atoms with Gasteiger partial charge in [-0.25, -0.2) is 0 Å². The molecule has 0 unspecified atom stereocenters. The number of amides is 2. The van der Waals surface area contributed by atoms with Gasteiger partial charge >= 0.3 is 0 Å². The first-order chi connectivity index (χ1) is 10.6. The van der Waals surface area contributed by atoms with Gasteiger partial charge in [0.05, 0.1) is 12.7 Å². The molecule has 0 aliphatic carbocycles. The van der Waals surface area contributed by atoms with Crippen LogP contribution in [0.25, 0.3) is 0 Å². The van der Waals surface area contributed by atoms with Crippen molar-refractivity contribution >= 4 is 28.2 Å². The molecule has 0 bridgehead atoms. The van der Waals surface area contributed by atoms with Crippen molar-refractivity contribution in [2.24, 2.45) is 0 Å². The molecule has 2 rings (SSSR count). The van der Waals surface area contributed by atoms with E-state index in [1.165, 1.54) is 11.3 Å². The summed E-state index contributed by atoms with van der Waals surface area (Å²) in [5.41, 5.74) is 0.435. The number of nitrogens with one attached hydrogen (secondary N) is 2. The van der Waals surface area contributed by atoms with Crippen LogP contribution in [-0.4, -0.2) is 32.6 Å². The van der Waals surface area contributed by atoms with Gasteiger partial charge in [-0.2, -0.15) is 0 Å². The Morgan fingerprint density at radius 2 is 1.82 bits per heavy atom. The van der Waals surface area contributed by atoms with Gasteiger partial charge in [0.25, 0.3) is 11.8 Å². The molecule has 2 N–H and O–H groups in total. The van der Waals surface area contributed by atoms with Gasteiger partial charge in [0.1, 0.15) is 16.5 Å². The molecule has 22 heavy (non-hydrogen) atoms. The van der Waals surface area contributed by atoms with Crippen LogP contribution < -0.4 is 20.1 Å². The fourth-order valence-electron chi connectivity index (χ4n) is 1.70. The van der Waals surface area contributed by atoms with Gasteiger partial charge in [-0.15, -0.1) is 11.3 Å². The van der Waals surface area contributed by atoms with Crippen molar-refractivity contribution in [1.82, 2.24) is 5.32 Å². The molecule has 0 spiro atoms. The average molecular weight is 320 g/mol. The van der Waals surface area contributed by atoms with E-state index in [1.807, 2.05) is 0 Å². The molecule has 0 aliphatic rings. The van der Waals surface area contributed by atoms with Crippen molar-refractivity contribution in [2.45, 2.75) is 0 Å².